The van der Waals surface area contributed by atoms with Crippen LogP contribution in [0.2, 0.25) is 0 Å². The van der Waals surface area contributed by atoms with Crippen molar-refractivity contribution in [3.63, 3.8) is 0 Å². The Balaban J connectivity index is 2.41. The SMILES string of the molecule is O[C@@H]1[C@H](O)CO[C@H]1CI. The molecule has 1 fully saturated rings. The molecule has 4 heteroatoms. The van der Waals surface area contributed by atoms with Gasteiger partial charge in [-0.2, -0.15) is 0 Å². The van der Waals surface area contributed by atoms with Crippen LogP contribution in [0.15, 0.2) is 0 Å². The van der Waals surface area contributed by atoms with Crippen LogP contribution in [0, 0.1) is 0 Å². The maximum atomic E-state index is 9.08. The second-order valence-corrected chi connectivity index (χ2v) is 2.96. The van der Waals surface area contributed by atoms with Gasteiger partial charge in [-0.25, -0.2) is 0 Å². The molecular formula is C5H9IO3. The molecule has 0 aromatic heterocycles. The lowest BCUT2D eigenvalue weighted by Gasteiger charge is -2.10. The van der Waals surface area contributed by atoms with Gasteiger partial charge >= 0.3 is 0 Å². The Morgan fingerprint density at radius 2 is 2.22 bits per heavy atom. The van der Waals surface area contributed by atoms with Crippen molar-refractivity contribution in [2.45, 2.75) is 18.3 Å². The highest BCUT2D eigenvalue weighted by Crippen LogP contribution is 2.15. The average Bonchev–Trinajstić information content (AvgIpc) is 2.15. The number of aliphatic hydroxyl groups excluding tert-OH is 2. The third-order valence-corrected chi connectivity index (χ3v) is 2.28. The Kier molecular flexibility index (Phi) is 2.69. The maximum absolute atomic E-state index is 9.08. The molecule has 1 rings (SSSR count). The molecule has 9 heavy (non-hydrogen) atoms. The largest absolute Gasteiger partial charge is 0.388 e. The van der Waals surface area contributed by atoms with E-state index < -0.39 is 12.2 Å². The average molecular weight is 244 g/mol. The van der Waals surface area contributed by atoms with Crippen LogP contribution < -0.4 is 0 Å². The zero-order valence-corrected chi connectivity index (χ0v) is 6.98. The minimum atomic E-state index is -0.679. The van der Waals surface area contributed by atoms with Crippen molar-refractivity contribution in [2.24, 2.45) is 0 Å². The minimum absolute atomic E-state index is 0.166. The molecule has 0 bridgehead atoms. The van der Waals surface area contributed by atoms with E-state index in [1.807, 2.05) is 0 Å². The van der Waals surface area contributed by atoms with Crippen molar-refractivity contribution in [1.29, 1.82) is 0 Å². The fourth-order valence-electron chi connectivity index (χ4n) is 0.803. The summed E-state index contributed by atoms with van der Waals surface area (Å²) in [6.45, 7) is 0.273. The van der Waals surface area contributed by atoms with E-state index in [0.29, 0.717) is 0 Å². The lowest BCUT2D eigenvalue weighted by Crippen LogP contribution is -2.30. The zero-order valence-electron chi connectivity index (χ0n) is 4.83. The Hall–Kier alpha value is 0.610. The summed E-state index contributed by atoms with van der Waals surface area (Å²) in [5.41, 5.74) is 0. The van der Waals surface area contributed by atoms with Crippen molar-refractivity contribution in [3.8, 4) is 0 Å². The van der Waals surface area contributed by atoms with Crippen LogP contribution in [-0.2, 0) is 4.74 Å². The highest BCUT2D eigenvalue weighted by molar-refractivity contribution is 14.1. The van der Waals surface area contributed by atoms with Crippen molar-refractivity contribution in [2.75, 3.05) is 11.0 Å². The number of ether oxygens (including phenoxy) is 1. The molecule has 2 N–H and O–H groups in total. The predicted molar refractivity (Wildman–Crippen MR) is 40.6 cm³/mol. The summed E-state index contributed by atoms with van der Waals surface area (Å²) in [5.74, 6) is 0. The smallest absolute Gasteiger partial charge is 0.109 e. The van der Waals surface area contributed by atoms with E-state index in [2.05, 4.69) is 22.6 Å². The number of rotatable bonds is 1. The Bertz CT molecular complexity index is 98.2. The highest BCUT2D eigenvalue weighted by atomic mass is 127. The quantitative estimate of drug-likeness (QED) is 0.485. The fraction of sp³-hybridized carbons (Fsp3) is 1.00. The molecule has 0 amide bonds. The molecule has 0 aliphatic carbocycles. The van der Waals surface area contributed by atoms with Crippen LogP contribution in [0.5, 0.6) is 0 Å². The summed E-state index contributed by atoms with van der Waals surface area (Å²) >= 11 is 2.12. The Labute approximate surface area is 67.2 Å². The van der Waals surface area contributed by atoms with Gasteiger partial charge in [0.15, 0.2) is 0 Å². The zero-order chi connectivity index (χ0) is 6.85. The summed E-state index contributed by atoms with van der Waals surface area (Å²) in [5, 5.41) is 18.0. The first-order valence-electron chi connectivity index (χ1n) is 2.79. The van der Waals surface area contributed by atoms with E-state index in [9.17, 15) is 0 Å². The molecule has 1 aliphatic heterocycles. The normalized spacial score (nSPS) is 43.7. The number of alkyl halides is 1. The van der Waals surface area contributed by atoms with E-state index in [4.69, 9.17) is 14.9 Å². The molecule has 0 aromatic rings. The third kappa shape index (κ3) is 1.54. The monoisotopic (exact) mass is 244 g/mol. The number of halogens is 1. The molecule has 0 unspecified atom stereocenters. The lowest BCUT2D eigenvalue weighted by molar-refractivity contribution is 0.0348. The molecule has 0 spiro atoms. The van der Waals surface area contributed by atoms with Crippen LogP contribution in [0.3, 0.4) is 0 Å². The second-order valence-electron chi connectivity index (χ2n) is 2.08. The maximum Gasteiger partial charge on any atom is 0.109 e. The lowest BCUT2D eigenvalue weighted by atomic mass is 10.2. The van der Waals surface area contributed by atoms with Crippen LogP contribution in [0.4, 0.5) is 0 Å². The summed E-state index contributed by atoms with van der Waals surface area (Å²) in [4.78, 5) is 0. The predicted octanol–water partition coefficient (Wildman–Crippen LogP) is -0.458. The van der Waals surface area contributed by atoms with Gasteiger partial charge in [0.2, 0.25) is 0 Å². The number of aliphatic hydroxyl groups is 2. The molecule has 1 aliphatic rings. The summed E-state index contributed by atoms with van der Waals surface area (Å²) < 4.78 is 5.75. The third-order valence-electron chi connectivity index (χ3n) is 1.41. The standard InChI is InChI=1S/C5H9IO3/c6-1-4-5(8)3(7)2-9-4/h3-5,7-8H,1-2H2/t3-,4+,5-/m1/s1. The molecule has 0 radical (unpaired) electrons. The molecule has 0 aromatic carbocycles. The topological polar surface area (TPSA) is 49.7 Å². The molecule has 54 valence electrons. The molecule has 1 saturated heterocycles. The molecule has 0 saturated carbocycles. The molecular weight excluding hydrogens is 235 g/mol. The first-order valence-corrected chi connectivity index (χ1v) is 4.32. The first kappa shape index (κ1) is 7.71. The Morgan fingerprint density at radius 3 is 2.44 bits per heavy atom. The molecule has 1 heterocycles. The summed E-state index contributed by atoms with van der Waals surface area (Å²) in [6, 6.07) is 0. The van der Waals surface area contributed by atoms with E-state index in [-0.39, 0.29) is 12.7 Å². The van der Waals surface area contributed by atoms with Gasteiger partial charge in [0, 0.05) is 4.43 Å². The van der Waals surface area contributed by atoms with E-state index >= 15 is 0 Å². The van der Waals surface area contributed by atoms with Crippen LogP contribution in [-0.4, -0.2) is 39.6 Å². The van der Waals surface area contributed by atoms with Crippen molar-refractivity contribution in [1.82, 2.24) is 0 Å². The highest BCUT2D eigenvalue weighted by Gasteiger charge is 2.33. The Morgan fingerprint density at radius 1 is 1.56 bits per heavy atom. The van der Waals surface area contributed by atoms with Gasteiger partial charge in [-0.05, 0) is 0 Å². The minimum Gasteiger partial charge on any atom is -0.388 e. The van der Waals surface area contributed by atoms with Gasteiger partial charge in [0.05, 0.1) is 12.7 Å². The number of hydrogen-bond donors (Lipinski definition) is 2. The fourth-order valence-corrected chi connectivity index (χ4v) is 1.58. The van der Waals surface area contributed by atoms with Gasteiger partial charge in [-0.15, -0.1) is 0 Å². The van der Waals surface area contributed by atoms with Crippen LogP contribution >= 0.6 is 22.6 Å². The van der Waals surface area contributed by atoms with Crippen LogP contribution in [0.1, 0.15) is 0 Å². The van der Waals surface area contributed by atoms with Crippen LogP contribution in [0.25, 0.3) is 0 Å². The molecule has 3 nitrogen and oxygen atoms in total. The van der Waals surface area contributed by atoms with Gasteiger partial charge in [0.25, 0.3) is 0 Å². The van der Waals surface area contributed by atoms with Gasteiger partial charge in [-0.3, -0.25) is 0 Å². The van der Waals surface area contributed by atoms with Gasteiger partial charge < -0.3 is 14.9 Å². The van der Waals surface area contributed by atoms with E-state index in [1.54, 1.807) is 0 Å². The van der Waals surface area contributed by atoms with Crippen molar-refractivity contribution in [3.05, 3.63) is 0 Å². The second kappa shape index (κ2) is 3.14. The van der Waals surface area contributed by atoms with E-state index in [1.165, 1.54) is 0 Å². The van der Waals surface area contributed by atoms with E-state index in [0.717, 1.165) is 4.43 Å². The first-order chi connectivity index (χ1) is 4.25. The number of hydrogen-bond acceptors (Lipinski definition) is 3. The van der Waals surface area contributed by atoms with Crippen molar-refractivity contribution >= 4 is 22.6 Å². The van der Waals surface area contributed by atoms with Gasteiger partial charge in [-0.1, -0.05) is 22.6 Å². The van der Waals surface area contributed by atoms with Gasteiger partial charge in [0.1, 0.15) is 12.2 Å². The van der Waals surface area contributed by atoms with Crippen molar-refractivity contribution < 1.29 is 14.9 Å². The molecule has 3 atom stereocenters. The summed E-state index contributed by atoms with van der Waals surface area (Å²) in [6.07, 6.45) is -1.52. The summed E-state index contributed by atoms with van der Waals surface area (Å²) in [7, 11) is 0.